The molecule has 5 nitrogen and oxygen atoms in total. The molecule has 0 saturated heterocycles. The molecule has 1 aliphatic carbocycles. The highest BCUT2D eigenvalue weighted by atomic mass is 16.5. The van der Waals surface area contributed by atoms with Gasteiger partial charge in [-0.2, -0.15) is 0 Å². The van der Waals surface area contributed by atoms with Crippen molar-refractivity contribution in [2.45, 2.75) is 31.7 Å². The zero-order chi connectivity index (χ0) is 10.4. The maximum atomic E-state index is 11.2. The Morgan fingerprint density at radius 2 is 1.93 bits per heavy atom. The minimum atomic E-state index is -1.06. The summed E-state index contributed by atoms with van der Waals surface area (Å²) in [5.41, 5.74) is 0. The predicted molar refractivity (Wildman–Crippen MR) is 48.9 cm³/mol. The van der Waals surface area contributed by atoms with Crippen LogP contribution in [0.4, 0.5) is 0 Å². The normalized spacial score (nSPS) is 16.9. The monoisotopic (exact) mass is 201 g/mol. The smallest absolute Gasteiger partial charge is 0.329 e. The first kappa shape index (κ1) is 11.0. The molecule has 14 heavy (non-hydrogen) atoms. The fraction of sp³-hybridized carbons (Fsp3) is 0.778. The Balaban J connectivity index is 2.06. The van der Waals surface area contributed by atoms with Gasteiger partial charge in [-0.05, 0) is 12.8 Å². The van der Waals surface area contributed by atoms with E-state index in [0.29, 0.717) is 0 Å². The molecule has 5 heteroatoms. The molecule has 1 fully saturated rings. The van der Waals surface area contributed by atoms with E-state index in [9.17, 15) is 9.59 Å². The third kappa shape index (κ3) is 4.23. The van der Waals surface area contributed by atoms with E-state index >= 15 is 0 Å². The molecule has 1 aliphatic rings. The van der Waals surface area contributed by atoms with Crippen LogP contribution in [0.1, 0.15) is 25.7 Å². The van der Waals surface area contributed by atoms with Crippen LogP contribution in [0.15, 0.2) is 0 Å². The van der Waals surface area contributed by atoms with Gasteiger partial charge in [0.15, 0.2) is 0 Å². The third-order valence-electron chi connectivity index (χ3n) is 2.18. The van der Waals surface area contributed by atoms with Crippen molar-refractivity contribution in [1.82, 2.24) is 5.32 Å². The molecule has 0 heterocycles. The van der Waals surface area contributed by atoms with Gasteiger partial charge < -0.3 is 15.2 Å². The van der Waals surface area contributed by atoms with Crippen molar-refractivity contribution in [3.63, 3.8) is 0 Å². The number of carbonyl (C=O) groups is 2. The van der Waals surface area contributed by atoms with E-state index in [1.165, 1.54) is 0 Å². The molecule has 0 atom stereocenters. The molecule has 0 aromatic heterocycles. The number of rotatable bonds is 5. The number of aliphatic carboxylic acids is 1. The van der Waals surface area contributed by atoms with Gasteiger partial charge in [-0.1, -0.05) is 12.8 Å². The van der Waals surface area contributed by atoms with Crippen molar-refractivity contribution < 1.29 is 19.4 Å². The summed E-state index contributed by atoms with van der Waals surface area (Å²) >= 11 is 0. The predicted octanol–water partition coefficient (Wildman–Crippen LogP) is 0.146. The molecular weight excluding hydrogens is 186 g/mol. The van der Waals surface area contributed by atoms with E-state index in [-0.39, 0.29) is 18.6 Å². The van der Waals surface area contributed by atoms with Gasteiger partial charge in [0.05, 0.1) is 0 Å². The van der Waals surface area contributed by atoms with Crippen molar-refractivity contribution in [2.24, 2.45) is 0 Å². The summed E-state index contributed by atoms with van der Waals surface area (Å²) < 4.78 is 4.66. The first-order chi connectivity index (χ1) is 6.68. The molecule has 1 amide bonds. The van der Waals surface area contributed by atoms with E-state index < -0.39 is 12.6 Å². The highest BCUT2D eigenvalue weighted by molar-refractivity contribution is 5.78. The molecule has 80 valence electrons. The average Bonchev–Trinajstić information content (AvgIpc) is 2.56. The van der Waals surface area contributed by atoms with E-state index in [0.717, 1.165) is 25.7 Å². The van der Waals surface area contributed by atoms with Crippen LogP contribution < -0.4 is 5.32 Å². The van der Waals surface area contributed by atoms with E-state index in [4.69, 9.17) is 5.11 Å². The van der Waals surface area contributed by atoms with Crippen LogP contribution in [0, 0.1) is 0 Å². The largest absolute Gasteiger partial charge is 0.480 e. The maximum absolute atomic E-state index is 11.2. The SMILES string of the molecule is O=C(O)COCC(=O)NC1CCCC1. The van der Waals surface area contributed by atoms with Crippen molar-refractivity contribution in [1.29, 1.82) is 0 Å². The number of ether oxygens (including phenoxy) is 1. The van der Waals surface area contributed by atoms with Crippen LogP contribution in [-0.4, -0.2) is 36.2 Å². The Morgan fingerprint density at radius 3 is 2.50 bits per heavy atom. The van der Waals surface area contributed by atoms with Gasteiger partial charge in [0.25, 0.3) is 0 Å². The fourth-order valence-electron chi connectivity index (χ4n) is 1.57. The molecular formula is C9H15NO4. The van der Waals surface area contributed by atoms with E-state index in [1.807, 2.05) is 0 Å². The first-order valence-corrected chi connectivity index (χ1v) is 4.77. The highest BCUT2D eigenvalue weighted by Crippen LogP contribution is 2.17. The molecule has 0 aromatic rings. The quantitative estimate of drug-likeness (QED) is 0.663. The number of hydrogen-bond donors (Lipinski definition) is 2. The van der Waals surface area contributed by atoms with Gasteiger partial charge in [-0.25, -0.2) is 4.79 Å². The van der Waals surface area contributed by atoms with Crippen molar-refractivity contribution in [3.8, 4) is 0 Å². The third-order valence-corrected chi connectivity index (χ3v) is 2.18. The number of nitrogens with one attached hydrogen (secondary N) is 1. The Morgan fingerprint density at radius 1 is 1.29 bits per heavy atom. The number of carboxylic acid groups (broad SMARTS) is 1. The lowest BCUT2D eigenvalue weighted by atomic mass is 10.2. The zero-order valence-corrected chi connectivity index (χ0v) is 7.99. The van der Waals surface area contributed by atoms with Crippen molar-refractivity contribution in [3.05, 3.63) is 0 Å². The lowest BCUT2D eigenvalue weighted by molar-refractivity contribution is -0.143. The summed E-state index contributed by atoms with van der Waals surface area (Å²) in [7, 11) is 0. The minimum absolute atomic E-state index is 0.164. The summed E-state index contributed by atoms with van der Waals surface area (Å²) in [6, 6.07) is 0.260. The number of carbonyl (C=O) groups excluding carboxylic acids is 1. The van der Waals surface area contributed by atoms with Gasteiger partial charge in [-0.3, -0.25) is 4.79 Å². The number of amides is 1. The second-order valence-corrected chi connectivity index (χ2v) is 3.44. The second-order valence-electron chi connectivity index (χ2n) is 3.44. The van der Waals surface area contributed by atoms with Gasteiger partial charge in [0, 0.05) is 6.04 Å². The van der Waals surface area contributed by atoms with E-state index in [1.54, 1.807) is 0 Å². The second kappa shape index (κ2) is 5.59. The lowest BCUT2D eigenvalue weighted by Gasteiger charge is -2.11. The molecule has 0 aromatic carbocycles. The summed E-state index contributed by atoms with van der Waals surface area (Å²) in [5.74, 6) is -1.28. The maximum Gasteiger partial charge on any atom is 0.329 e. The molecule has 0 aliphatic heterocycles. The van der Waals surface area contributed by atoms with Crippen molar-refractivity contribution >= 4 is 11.9 Å². The molecule has 0 spiro atoms. The molecule has 0 radical (unpaired) electrons. The summed E-state index contributed by atoms with van der Waals surface area (Å²) in [6.07, 6.45) is 4.34. The highest BCUT2D eigenvalue weighted by Gasteiger charge is 2.16. The minimum Gasteiger partial charge on any atom is -0.480 e. The molecule has 0 bridgehead atoms. The summed E-state index contributed by atoms with van der Waals surface area (Å²) in [6.45, 7) is -0.582. The Labute approximate surface area is 82.4 Å². The zero-order valence-electron chi connectivity index (χ0n) is 7.99. The van der Waals surface area contributed by atoms with Crippen molar-refractivity contribution in [2.75, 3.05) is 13.2 Å². The Hall–Kier alpha value is -1.10. The van der Waals surface area contributed by atoms with Crippen LogP contribution in [-0.2, 0) is 14.3 Å². The molecule has 1 rings (SSSR count). The lowest BCUT2D eigenvalue weighted by Crippen LogP contribution is -2.35. The number of carboxylic acids is 1. The van der Waals surface area contributed by atoms with Gasteiger partial charge in [0.1, 0.15) is 13.2 Å². The molecule has 2 N–H and O–H groups in total. The van der Waals surface area contributed by atoms with E-state index in [2.05, 4.69) is 10.1 Å². The first-order valence-electron chi connectivity index (χ1n) is 4.77. The topological polar surface area (TPSA) is 75.6 Å². The Bertz CT molecular complexity index is 211. The number of hydrogen-bond acceptors (Lipinski definition) is 3. The van der Waals surface area contributed by atoms with Crippen LogP contribution in [0.5, 0.6) is 0 Å². The fourth-order valence-corrected chi connectivity index (χ4v) is 1.57. The summed E-state index contributed by atoms with van der Waals surface area (Å²) in [4.78, 5) is 21.2. The van der Waals surface area contributed by atoms with Crippen LogP contribution in [0.2, 0.25) is 0 Å². The van der Waals surface area contributed by atoms with Crippen LogP contribution in [0.25, 0.3) is 0 Å². The molecule has 0 unspecified atom stereocenters. The van der Waals surface area contributed by atoms with Gasteiger partial charge in [0.2, 0.25) is 5.91 Å². The van der Waals surface area contributed by atoms with Crippen LogP contribution in [0.3, 0.4) is 0 Å². The van der Waals surface area contributed by atoms with Gasteiger partial charge in [-0.15, -0.1) is 0 Å². The van der Waals surface area contributed by atoms with Gasteiger partial charge >= 0.3 is 5.97 Å². The molecule has 1 saturated carbocycles. The standard InChI is InChI=1S/C9H15NO4/c11-8(5-14-6-9(12)13)10-7-3-1-2-4-7/h7H,1-6H2,(H,10,11)(H,12,13). The summed E-state index contributed by atoms with van der Waals surface area (Å²) in [5, 5.41) is 11.0. The van der Waals surface area contributed by atoms with Crippen LogP contribution >= 0.6 is 0 Å². The Kier molecular flexibility index (Phi) is 4.39. The average molecular weight is 201 g/mol.